The predicted molar refractivity (Wildman–Crippen MR) is 90.9 cm³/mol. The fourth-order valence-corrected chi connectivity index (χ4v) is 3.14. The van der Waals surface area contributed by atoms with Gasteiger partial charge in [0, 0.05) is 31.2 Å². The van der Waals surface area contributed by atoms with Crippen LogP contribution in [0.25, 0.3) is 0 Å². The molecule has 0 spiro atoms. The van der Waals surface area contributed by atoms with Gasteiger partial charge in [0.1, 0.15) is 6.04 Å². The number of likely N-dealkylation sites (tertiary alicyclic amines) is 1. The lowest BCUT2D eigenvalue weighted by Crippen LogP contribution is -2.55. The highest BCUT2D eigenvalue weighted by Gasteiger charge is 2.27. The third kappa shape index (κ3) is 4.13. The van der Waals surface area contributed by atoms with Crippen molar-refractivity contribution in [2.24, 2.45) is 0 Å². The van der Waals surface area contributed by atoms with Crippen LogP contribution in [0, 0.1) is 6.92 Å². The molecule has 130 valence electrons. The van der Waals surface area contributed by atoms with E-state index < -0.39 is 0 Å². The van der Waals surface area contributed by atoms with Crippen LogP contribution in [0.2, 0.25) is 0 Å². The zero-order valence-electron chi connectivity index (χ0n) is 14.1. The molecule has 0 bridgehead atoms. The molecule has 2 aliphatic rings. The Hall–Kier alpha value is -1.92. The number of aryl methyl sites for hydroxylation is 1. The molecular formula is C18H25N3O3. The third-order valence-electron chi connectivity index (χ3n) is 4.67. The summed E-state index contributed by atoms with van der Waals surface area (Å²) in [6.45, 7) is 5.15. The number of benzene rings is 1. The molecule has 2 heterocycles. The average molecular weight is 331 g/mol. The molecule has 1 aromatic rings. The van der Waals surface area contributed by atoms with Gasteiger partial charge in [-0.3, -0.25) is 9.59 Å². The summed E-state index contributed by atoms with van der Waals surface area (Å²) >= 11 is 0. The summed E-state index contributed by atoms with van der Waals surface area (Å²) in [5.41, 5.74) is 1.87. The van der Waals surface area contributed by atoms with Crippen LogP contribution >= 0.6 is 0 Å². The summed E-state index contributed by atoms with van der Waals surface area (Å²) in [6, 6.07) is 7.54. The molecule has 0 radical (unpaired) electrons. The zero-order chi connectivity index (χ0) is 16.9. The Morgan fingerprint density at radius 3 is 2.54 bits per heavy atom. The molecule has 3 rings (SSSR count). The summed E-state index contributed by atoms with van der Waals surface area (Å²) in [4.78, 5) is 26.6. The second-order valence-corrected chi connectivity index (χ2v) is 6.52. The number of amides is 2. The summed E-state index contributed by atoms with van der Waals surface area (Å²) in [5, 5.41) is 6.24. The van der Waals surface area contributed by atoms with Crippen molar-refractivity contribution in [2.45, 2.75) is 31.8 Å². The van der Waals surface area contributed by atoms with E-state index in [1.54, 1.807) is 0 Å². The van der Waals surface area contributed by atoms with E-state index >= 15 is 0 Å². The van der Waals surface area contributed by atoms with Crippen LogP contribution in [-0.2, 0) is 9.53 Å². The second-order valence-electron chi connectivity index (χ2n) is 6.52. The maximum absolute atomic E-state index is 12.5. The van der Waals surface area contributed by atoms with Crippen molar-refractivity contribution in [3.05, 3.63) is 35.4 Å². The molecule has 1 unspecified atom stereocenters. The van der Waals surface area contributed by atoms with E-state index in [-0.39, 0.29) is 23.9 Å². The molecule has 2 aliphatic heterocycles. The van der Waals surface area contributed by atoms with Gasteiger partial charge < -0.3 is 20.3 Å². The SMILES string of the molecule is Cc1ccc(C(=O)N2CCC(NC(=O)C3COCCN3)CC2)cc1. The van der Waals surface area contributed by atoms with E-state index in [0.29, 0.717) is 32.8 Å². The largest absolute Gasteiger partial charge is 0.378 e. The van der Waals surface area contributed by atoms with Crippen LogP contribution in [0.3, 0.4) is 0 Å². The maximum Gasteiger partial charge on any atom is 0.253 e. The Labute approximate surface area is 142 Å². The fraction of sp³-hybridized carbons (Fsp3) is 0.556. The van der Waals surface area contributed by atoms with E-state index in [4.69, 9.17) is 4.74 Å². The van der Waals surface area contributed by atoms with E-state index in [9.17, 15) is 9.59 Å². The second kappa shape index (κ2) is 7.77. The lowest BCUT2D eigenvalue weighted by atomic mass is 10.0. The lowest BCUT2D eigenvalue weighted by molar-refractivity contribution is -0.126. The van der Waals surface area contributed by atoms with Crippen molar-refractivity contribution >= 4 is 11.8 Å². The van der Waals surface area contributed by atoms with E-state index in [2.05, 4.69) is 10.6 Å². The minimum absolute atomic E-state index is 0.00184. The molecule has 24 heavy (non-hydrogen) atoms. The van der Waals surface area contributed by atoms with Crippen molar-refractivity contribution in [3.8, 4) is 0 Å². The first-order chi connectivity index (χ1) is 11.6. The topological polar surface area (TPSA) is 70.7 Å². The first kappa shape index (κ1) is 16.9. The Morgan fingerprint density at radius 2 is 1.92 bits per heavy atom. The van der Waals surface area contributed by atoms with Gasteiger partial charge in [0.15, 0.2) is 0 Å². The molecule has 0 aromatic heterocycles. The molecule has 0 saturated carbocycles. The Balaban J connectivity index is 1.47. The van der Waals surface area contributed by atoms with E-state index in [1.165, 1.54) is 0 Å². The molecule has 1 aromatic carbocycles. The molecule has 2 amide bonds. The highest BCUT2D eigenvalue weighted by molar-refractivity contribution is 5.94. The van der Waals surface area contributed by atoms with Crippen LogP contribution in [-0.4, -0.2) is 61.6 Å². The number of morpholine rings is 1. The number of nitrogens with one attached hydrogen (secondary N) is 2. The molecule has 1 atom stereocenters. The van der Waals surface area contributed by atoms with Crippen molar-refractivity contribution in [2.75, 3.05) is 32.8 Å². The summed E-state index contributed by atoms with van der Waals surface area (Å²) in [5.74, 6) is 0.0696. The average Bonchev–Trinajstić information content (AvgIpc) is 2.63. The molecular weight excluding hydrogens is 306 g/mol. The number of piperidine rings is 1. The van der Waals surface area contributed by atoms with Gasteiger partial charge >= 0.3 is 0 Å². The number of carbonyl (C=O) groups is 2. The smallest absolute Gasteiger partial charge is 0.253 e. The van der Waals surface area contributed by atoms with Crippen molar-refractivity contribution in [1.82, 2.24) is 15.5 Å². The Kier molecular flexibility index (Phi) is 5.48. The van der Waals surface area contributed by atoms with Crippen LogP contribution in [0.1, 0.15) is 28.8 Å². The normalized spacial score (nSPS) is 22.2. The molecule has 2 saturated heterocycles. The standard InChI is InChI=1S/C18H25N3O3/c1-13-2-4-14(5-3-13)18(23)21-9-6-15(7-10-21)20-17(22)16-12-24-11-8-19-16/h2-5,15-16,19H,6-12H2,1H3,(H,20,22). The van der Waals surface area contributed by atoms with Crippen molar-refractivity contribution in [1.29, 1.82) is 0 Å². The predicted octanol–water partition coefficient (Wildman–Crippen LogP) is 0.704. The first-order valence-corrected chi connectivity index (χ1v) is 8.61. The van der Waals surface area contributed by atoms with Crippen molar-refractivity contribution < 1.29 is 14.3 Å². The van der Waals surface area contributed by atoms with Crippen molar-refractivity contribution in [3.63, 3.8) is 0 Å². The summed E-state index contributed by atoms with van der Waals surface area (Å²) in [6.07, 6.45) is 1.58. The van der Waals surface area contributed by atoms with E-state index in [1.807, 2.05) is 36.1 Å². The third-order valence-corrected chi connectivity index (χ3v) is 4.67. The molecule has 2 fully saturated rings. The quantitative estimate of drug-likeness (QED) is 0.856. The van der Waals surface area contributed by atoms with Gasteiger partial charge in [-0.25, -0.2) is 0 Å². The minimum Gasteiger partial charge on any atom is -0.378 e. The van der Waals surface area contributed by atoms with Gasteiger partial charge in [0.25, 0.3) is 5.91 Å². The zero-order valence-corrected chi connectivity index (χ0v) is 14.1. The number of nitrogens with zero attached hydrogens (tertiary/aromatic N) is 1. The van der Waals surface area contributed by atoms with Crippen LogP contribution < -0.4 is 10.6 Å². The summed E-state index contributed by atoms with van der Waals surface area (Å²) in [7, 11) is 0. The molecule has 0 aliphatic carbocycles. The minimum atomic E-state index is -0.258. The van der Waals surface area contributed by atoms with Gasteiger partial charge in [0.05, 0.1) is 13.2 Å². The Morgan fingerprint density at radius 1 is 1.21 bits per heavy atom. The van der Waals surface area contributed by atoms with Gasteiger partial charge in [0.2, 0.25) is 5.91 Å². The lowest BCUT2D eigenvalue weighted by Gasteiger charge is -2.33. The number of hydrogen-bond acceptors (Lipinski definition) is 4. The molecule has 2 N–H and O–H groups in total. The van der Waals surface area contributed by atoms with Gasteiger partial charge in [-0.15, -0.1) is 0 Å². The van der Waals surface area contributed by atoms with Gasteiger partial charge in [-0.05, 0) is 31.9 Å². The van der Waals surface area contributed by atoms with E-state index in [0.717, 1.165) is 24.0 Å². The number of hydrogen-bond donors (Lipinski definition) is 2. The first-order valence-electron chi connectivity index (χ1n) is 8.61. The monoisotopic (exact) mass is 331 g/mol. The molecule has 6 heteroatoms. The van der Waals surface area contributed by atoms with Crippen LogP contribution in [0.15, 0.2) is 24.3 Å². The van der Waals surface area contributed by atoms with Crippen LogP contribution in [0.4, 0.5) is 0 Å². The highest BCUT2D eigenvalue weighted by atomic mass is 16.5. The maximum atomic E-state index is 12.5. The summed E-state index contributed by atoms with van der Waals surface area (Å²) < 4.78 is 5.32. The van der Waals surface area contributed by atoms with Crippen LogP contribution in [0.5, 0.6) is 0 Å². The van der Waals surface area contributed by atoms with Gasteiger partial charge in [-0.2, -0.15) is 0 Å². The Bertz CT molecular complexity index is 574. The fourth-order valence-electron chi connectivity index (χ4n) is 3.14. The number of carbonyl (C=O) groups excluding carboxylic acids is 2. The molecule has 6 nitrogen and oxygen atoms in total. The number of rotatable bonds is 3. The number of ether oxygens (including phenoxy) is 1. The van der Waals surface area contributed by atoms with Gasteiger partial charge in [-0.1, -0.05) is 17.7 Å². The highest BCUT2D eigenvalue weighted by Crippen LogP contribution is 2.15.